The third-order valence-corrected chi connectivity index (χ3v) is 7.84. The van der Waals surface area contributed by atoms with E-state index in [1.165, 1.54) is 6.07 Å². The lowest BCUT2D eigenvalue weighted by molar-refractivity contribution is -0.157. The lowest BCUT2D eigenvalue weighted by Gasteiger charge is -2.22. The van der Waals surface area contributed by atoms with Crippen LogP contribution in [0.3, 0.4) is 0 Å². The lowest BCUT2D eigenvalue weighted by atomic mass is 9.99. The van der Waals surface area contributed by atoms with Crippen LogP contribution in [0.4, 0.5) is 0 Å². The van der Waals surface area contributed by atoms with Crippen molar-refractivity contribution < 1.29 is 27.8 Å². The van der Waals surface area contributed by atoms with Crippen molar-refractivity contribution in [3.8, 4) is 16.9 Å². The summed E-state index contributed by atoms with van der Waals surface area (Å²) in [4.78, 5) is 16.4. The SMILES string of the molecule is CC(C)(C)OC(=O)COc1cccc2c1CCCCC2NS(=O)(=O)c1ccc(-c2cccc(CCO)c2)cn1. The standard InChI is InChI=1S/C30H36N2O6S/c1-30(2,3)38-29(34)20-37-27-13-7-11-24-25(27)10-4-5-12-26(24)32-39(35,36)28-15-14-23(19-31-28)22-9-6-8-21(18-22)16-17-33/h6-9,11,13-15,18-19,26,32-33H,4-5,10,12,16-17,20H2,1-3H3. The number of hydrogen-bond acceptors (Lipinski definition) is 7. The van der Waals surface area contributed by atoms with Crippen molar-refractivity contribution >= 4 is 16.0 Å². The van der Waals surface area contributed by atoms with Crippen LogP contribution in [0.25, 0.3) is 11.1 Å². The summed E-state index contributed by atoms with van der Waals surface area (Å²) in [5.41, 5.74) is 3.83. The lowest BCUT2D eigenvalue weighted by Crippen LogP contribution is -2.30. The number of esters is 1. The number of nitrogens with zero attached hydrogens (tertiary/aromatic N) is 1. The second kappa shape index (κ2) is 12.3. The fraction of sp³-hybridized carbons (Fsp3) is 0.400. The molecular weight excluding hydrogens is 516 g/mol. The number of benzene rings is 2. The molecule has 8 nitrogen and oxygen atoms in total. The highest BCUT2D eigenvalue weighted by Gasteiger charge is 2.27. The summed E-state index contributed by atoms with van der Waals surface area (Å²) in [7, 11) is -3.90. The molecule has 1 aliphatic rings. The number of carbonyl (C=O) groups excluding carboxylic acids is 1. The molecule has 0 saturated heterocycles. The molecule has 0 spiro atoms. The van der Waals surface area contributed by atoms with Crippen molar-refractivity contribution in [2.45, 2.75) is 69.5 Å². The number of sulfonamides is 1. The maximum absolute atomic E-state index is 13.3. The Kier molecular flexibility index (Phi) is 9.04. The molecule has 9 heteroatoms. The van der Waals surface area contributed by atoms with E-state index in [2.05, 4.69) is 9.71 Å². The smallest absolute Gasteiger partial charge is 0.344 e. The van der Waals surface area contributed by atoms with Crippen molar-refractivity contribution in [1.82, 2.24) is 9.71 Å². The summed E-state index contributed by atoms with van der Waals surface area (Å²) in [6.07, 6.45) is 5.17. The summed E-state index contributed by atoms with van der Waals surface area (Å²) in [5.74, 6) is 0.107. The van der Waals surface area contributed by atoms with E-state index in [0.29, 0.717) is 18.6 Å². The maximum atomic E-state index is 13.3. The molecule has 0 radical (unpaired) electrons. The number of carbonyl (C=O) groups is 1. The molecule has 0 amide bonds. The molecule has 1 aromatic heterocycles. The number of pyridine rings is 1. The van der Waals surface area contributed by atoms with Gasteiger partial charge in [-0.2, -0.15) is 0 Å². The summed E-state index contributed by atoms with van der Waals surface area (Å²) < 4.78 is 40.7. The van der Waals surface area contributed by atoms with E-state index in [9.17, 15) is 18.3 Å². The van der Waals surface area contributed by atoms with Crippen LogP contribution >= 0.6 is 0 Å². The molecule has 0 saturated carbocycles. The molecule has 0 bridgehead atoms. The summed E-state index contributed by atoms with van der Waals surface area (Å²) in [6.45, 7) is 5.25. The Morgan fingerprint density at radius 2 is 1.87 bits per heavy atom. The van der Waals surface area contributed by atoms with E-state index < -0.39 is 27.6 Å². The van der Waals surface area contributed by atoms with Gasteiger partial charge in [0, 0.05) is 24.4 Å². The number of aromatic nitrogens is 1. The van der Waals surface area contributed by atoms with Crippen molar-refractivity contribution in [2.75, 3.05) is 13.2 Å². The Bertz CT molecular complexity index is 1400. The molecule has 1 aliphatic carbocycles. The van der Waals surface area contributed by atoms with Gasteiger partial charge in [-0.25, -0.2) is 22.9 Å². The minimum atomic E-state index is -3.90. The maximum Gasteiger partial charge on any atom is 0.344 e. The third kappa shape index (κ3) is 7.65. The normalized spacial score (nSPS) is 15.7. The number of hydrogen-bond donors (Lipinski definition) is 2. The van der Waals surface area contributed by atoms with Gasteiger partial charge >= 0.3 is 5.97 Å². The Labute approximate surface area is 230 Å². The third-order valence-electron chi connectivity index (χ3n) is 6.45. The molecule has 1 heterocycles. The minimum absolute atomic E-state index is 0.0547. The van der Waals surface area contributed by atoms with Crippen molar-refractivity contribution in [2.24, 2.45) is 0 Å². The second-order valence-electron chi connectivity index (χ2n) is 10.7. The number of fused-ring (bicyclic) bond motifs is 1. The molecule has 2 aromatic carbocycles. The molecule has 2 N–H and O–H groups in total. The quantitative estimate of drug-likeness (QED) is 0.291. The fourth-order valence-electron chi connectivity index (χ4n) is 4.74. The van der Waals surface area contributed by atoms with E-state index in [-0.39, 0.29) is 18.2 Å². The highest BCUT2D eigenvalue weighted by molar-refractivity contribution is 7.89. The molecule has 3 aromatic rings. The van der Waals surface area contributed by atoms with Gasteiger partial charge in [-0.3, -0.25) is 0 Å². The van der Waals surface area contributed by atoms with Crippen LogP contribution < -0.4 is 9.46 Å². The Morgan fingerprint density at radius 1 is 1.08 bits per heavy atom. The van der Waals surface area contributed by atoms with Gasteiger partial charge in [0.2, 0.25) is 0 Å². The number of ether oxygens (including phenoxy) is 2. The van der Waals surface area contributed by atoms with Gasteiger partial charge in [0.05, 0.1) is 0 Å². The first-order chi connectivity index (χ1) is 18.6. The summed E-state index contributed by atoms with van der Waals surface area (Å²) in [6, 6.07) is 16.1. The van der Waals surface area contributed by atoms with E-state index in [1.807, 2.05) is 36.4 Å². The topological polar surface area (TPSA) is 115 Å². The first-order valence-corrected chi connectivity index (χ1v) is 14.7. The molecular formula is C30H36N2O6S. The van der Waals surface area contributed by atoms with Crippen LogP contribution in [0.15, 0.2) is 65.8 Å². The molecule has 1 unspecified atom stereocenters. The monoisotopic (exact) mass is 552 g/mol. The van der Waals surface area contributed by atoms with Crippen LogP contribution in [-0.2, 0) is 32.4 Å². The average molecular weight is 553 g/mol. The largest absolute Gasteiger partial charge is 0.482 e. The minimum Gasteiger partial charge on any atom is -0.482 e. The highest BCUT2D eigenvalue weighted by atomic mass is 32.2. The van der Waals surface area contributed by atoms with Gasteiger partial charge in [-0.1, -0.05) is 42.8 Å². The molecule has 4 rings (SSSR count). The predicted molar refractivity (Wildman–Crippen MR) is 149 cm³/mol. The van der Waals surface area contributed by atoms with Gasteiger partial charge in [-0.15, -0.1) is 0 Å². The number of rotatable bonds is 9. The van der Waals surface area contributed by atoms with Crippen molar-refractivity contribution in [3.05, 3.63) is 77.5 Å². The number of aliphatic hydroxyl groups is 1. The van der Waals surface area contributed by atoms with E-state index in [0.717, 1.165) is 47.1 Å². The van der Waals surface area contributed by atoms with Crippen LogP contribution in [0.5, 0.6) is 5.75 Å². The van der Waals surface area contributed by atoms with Crippen molar-refractivity contribution in [1.29, 1.82) is 0 Å². The van der Waals surface area contributed by atoms with Gasteiger partial charge in [-0.05, 0) is 86.9 Å². The summed E-state index contributed by atoms with van der Waals surface area (Å²) in [5, 5.41) is 9.15. The zero-order chi connectivity index (χ0) is 28.0. The van der Waals surface area contributed by atoms with E-state index in [4.69, 9.17) is 9.47 Å². The zero-order valence-electron chi connectivity index (χ0n) is 22.6. The first-order valence-electron chi connectivity index (χ1n) is 13.2. The van der Waals surface area contributed by atoms with Gasteiger partial charge in [0.15, 0.2) is 11.6 Å². The van der Waals surface area contributed by atoms with Gasteiger partial charge in [0.25, 0.3) is 10.0 Å². The second-order valence-corrected chi connectivity index (χ2v) is 12.3. The van der Waals surface area contributed by atoms with Gasteiger partial charge in [0.1, 0.15) is 11.4 Å². The average Bonchev–Trinajstić information content (AvgIpc) is 3.09. The number of nitrogens with one attached hydrogen (secondary N) is 1. The fourth-order valence-corrected chi connectivity index (χ4v) is 5.92. The van der Waals surface area contributed by atoms with Crippen LogP contribution in [-0.4, -0.2) is 43.3 Å². The van der Waals surface area contributed by atoms with Crippen LogP contribution in [0, 0.1) is 0 Å². The van der Waals surface area contributed by atoms with E-state index in [1.54, 1.807) is 39.1 Å². The van der Waals surface area contributed by atoms with Crippen molar-refractivity contribution in [3.63, 3.8) is 0 Å². The van der Waals surface area contributed by atoms with Crippen LogP contribution in [0.2, 0.25) is 0 Å². The van der Waals surface area contributed by atoms with Crippen LogP contribution in [0.1, 0.15) is 62.8 Å². The van der Waals surface area contributed by atoms with Gasteiger partial charge < -0.3 is 14.6 Å². The molecule has 39 heavy (non-hydrogen) atoms. The molecule has 208 valence electrons. The molecule has 0 aliphatic heterocycles. The Hall–Kier alpha value is -3.27. The Morgan fingerprint density at radius 3 is 2.59 bits per heavy atom. The zero-order valence-corrected chi connectivity index (χ0v) is 23.5. The highest BCUT2D eigenvalue weighted by Crippen LogP contribution is 2.35. The number of aliphatic hydroxyl groups excluding tert-OH is 1. The Balaban J connectivity index is 1.51. The van der Waals surface area contributed by atoms with E-state index >= 15 is 0 Å². The summed E-state index contributed by atoms with van der Waals surface area (Å²) >= 11 is 0. The predicted octanol–water partition coefficient (Wildman–Crippen LogP) is 4.75. The molecule has 0 fully saturated rings. The molecule has 1 atom stereocenters. The first kappa shape index (κ1) is 28.7.